The SMILES string of the molecule is CCC1CCC2(CC1)Nc1cc(F)c(Br)cc1NC2=O. The highest BCUT2D eigenvalue weighted by Crippen LogP contribution is 2.42. The average Bonchev–Trinajstić information content (AvgIpc) is 2.44. The number of carbonyl (C=O) groups excluding carboxylic acids is 1. The van der Waals surface area contributed by atoms with Crippen LogP contribution >= 0.6 is 15.9 Å². The Morgan fingerprint density at radius 3 is 2.70 bits per heavy atom. The molecule has 1 aliphatic carbocycles. The normalized spacial score (nSPS) is 28.8. The third kappa shape index (κ3) is 2.22. The van der Waals surface area contributed by atoms with Gasteiger partial charge in [-0.15, -0.1) is 0 Å². The van der Waals surface area contributed by atoms with Crippen molar-refractivity contribution >= 4 is 33.2 Å². The zero-order valence-electron chi connectivity index (χ0n) is 11.4. The maximum absolute atomic E-state index is 13.7. The molecule has 1 fully saturated rings. The zero-order chi connectivity index (χ0) is 14.3. The fourth-order valence-electron chi connectivity index (χ4n) is 3.24. The van der Waals surface area contributed by atoms with E-state index >= 15 is 0 Å². The molecular formula is C15H18BrFN2O. The summed E-state index contributed by atoms with van der Waals surface area (Å²) in [6.45, 7) is 2.19. The van der Waals surface area contributed by atoms with E-state index in [9.17, 15) is 9.18 Å². The first-order valence-electron chi connectivity index (χ1n) is 7.13. The third-order valence-corrected chi connectivity index (χ3v) is 5.26. The lowest BCUT2D eigenvalue weighted by atomic mass is 9.74. The monoisotopic (exact) mass is 340 g/mol. The van der Waals surface area contributed by atoms with Gasteiger partial charge in [-0.2, -0.15) is 0 Å². The van der Waals surface area contributed by atoms with Gasteiger partial charge in [-0.3, -0.25) is 4.79 Å². The fourth-order valence-corrected chi connectivity index (χ4v) is 3.58. The second kappa shape index (κ2) is 5.02. The predicted molar refractivity (Wildman–Crippen MR) is 81.3 cm³/mol. The molecule has 1 saturated carbocycles. The number of hydrogen-bond acceptors (Lipinski definition) is 2. The van der Waals surface area contributed by atoms with Crippen LogP contribution < -0.4 is 10.6 Å². The Morgan fingerprint density at radius 2 is 2.05 bits per heavy atom. The molecule has 1 spiro atoms. The van der Waals surface area contributed by atoms with Crippen molar-refractivity contribution in [2.24, 2.45) is 5.92 Å². The summed E-state index contributed by atoms with van der Waals surface area (Å²) < 4.78 is 14.0. The largest absolute Gasteiger partial charge is 0.369 e. The molecule has 0 radical (unpaired) electrons. The van der Waals surface area contributed by atoms with Gasteiger partial charge in [0.1, 0.15) is 11.4 Å². The van der Waals surface area contributed by atoms with Crippen molar-refractivity contribution in [3.63, 3.8) is 0 Å². The van der Waals surface area contributed by atoms with Crippen LogP contribution in [0.5, 0.6) is 0 Å². The molecule has 0 atom stereocenters. The van der Waals surface area contributed by atoms with Gasteiger partial charge in [0, 0.05) is 6.07 Å². The summed E-state index contributed by atoms with van der Waals surface area (Å²) in [5, 5.41) is 6.23. The van der Waals surface area contributed by atoms with Gasteiger partial charge in [-0.1, -0.05) is 13.3 Å². The lowest BCUT2D eigenvalue weighted by Gasteiger charge is -2.43. The first kappa shape index (κ1) is 13.9. The predicted octanol–water partition coefficient (Wildman–Crippen LogP) is 4.29. The standard InChI is InChI=1S/C15H18BrFN2O/c1-2-9-3-5-15(6-4-9)14(20)18-12-7-10(16)11(17)8-13(12)19-15/h7-9,19H,2-6H2,1H3,(H,18,20). The number of fused-ring (bicyclic) bond motifs is 1. The van der Waals surface area contributed by atoms with Gasteiger partial charge in [0.2, 0.25) is 5.91 Å². The number of carbonyl (C=O) groups is 1. The highest BCUT2D eigenvalue weighted by atomic mass is 79.9. The molecule has 1 aromatic rings. The highest BCUT2D eigenvalue weighted by Gasteiger charge is 2.44. The maximum Gasteiger partial charge on any atom is 0.250 e. The molecule has 108 valence electrons. The first-order chi connectivity index (χ1) is 9.54. The van der Waals surface area contributed by atoms with E-state index in [1.54, 1.807) is 6.07 Å². The van der Waals surface area contributed by atoms with E-state index in [4.69, 9.17) is 0 Å². The Labute approximate surface area is 126 Å². The number of benzene rings is 1. The second-order valence-electron chi connectivity index (χ2n) is 5.82. The Balaban J connectivity index is 1.89. The van der Waals surface area contributed by atoms with Crippen molar-refractivity contribution in [2.45, 2.75) is 44.6 Å². The Morgan fingerprint density at radius 1 is 1.35 bits per heavy atom. The molecule has 3 nitrogen and oxygen atoms in total. The topological polar surface area (TPSA) is 41.1 Å². The van der Waals surface area contributed by atoms with Crippen molar-refractivity contribution < 1.29 is 9.18 Å². The van der Waals surface area contributed by atoms with Crippen LogP contribution in [-0.2, 0) is 4.79 Å². The average molecular weight is 341 g/mol. The Hall–Kier alpha value is -1.10. The minimum Gasteiger partial charge on any atom is -0.369 e. The van der Waals surface area contributed by atoms with E-state index in [0.29, 0.717) is 21.8 Å². The molecule has 20 heavy (non-hydrogen) atoms. The first-order valence-corrected chi connectivity index (χ1v) is 7.92. The van der Waals surface area contributed by atoms with E-state index in [0.717, 1.165) is 32.1 Å². The van der Waals surface area contributed by atoms with Crippen LogP contribution in [0.4, 0.5) is 15.8 Å². The van der Waals surface area contributed by atoms with E-state index in [2.05, 4.69) is 33.5 Å². The summed E-state index contributed by atoms with van der Waals surface area (Å²) >= 11 is 3.14. The summed E-state index contributed by atoms with van der Waals surface area (Å²) in [4.78, 5) is 12.4. The number of halogens is 2. The molecule has 1 aliphatic heterocycles. The van der Waals surface area contributed by atoms with E-state index in [1.807, 2.05) is 0 Å². The lowest BCUT2D eigenvalue weighted by molar-refractivity contribution is -0.121. The van der Waals surface area contributed by atoms with Gasteiger partial charge >= 0.3 is 0 Å². The summed E-state index contributed by atoms with van der Waals surface area (Å²) in [5.74, 6) is 0.404. The lowest BCUT2D eigenvalue weighted by Crippen LogP contribution is -2.54. The molecular weight excluding hydrogens is 323 g/mol. The smallest absolute Gasteiger partial charge is 0.250 e. The van der Waals surface area contributed by atoms with Crippen LogP contribution in [0.15, 0.2) is 16.6 Å². The van der Waals surface area contributed by atoms with Crippen LogP contribution in [0.2, 0.25) is 0 Å². The molecule has 2 N–H and O–H groups in total. The molecule has 0 unspecified atom stereocenters. The number of nitrogens with one attached hydrogen (secondary N) is 2. The highest BCUT2D eigenvalue weighted by molar-refractivity contribution is 9.10. The molecule has 5 heteroatoms. The molecule has 0 bridgehead atoms. The maximum atomic E-state index is 13.7. The molecule has 0 saturated heterocycles. The minimum absolute atomic E-state index is 0.0121. The number of hydrogen-bond donors (Lipinski definition) is 2. The van der Waals surface area contributed by atoms with Crippen LogP contribution in [-0.4, -0.2) is 11.4 Å². The van der Waals surface area contributed by atoms with Crippen molar-refractivity contribution in [3.8, 4) is 0 Å². The van der Waals surface area contributed by atoms with Crippen molar-refractivity contribution in [2.75, 3.05) is 10.6 Å². The van der Waals surface area contributed by atoms with Crippen LogP contribution in [0, 0.1) is 11.7 Å². The molecule has 2 aliphatic rings. The van der Waals surface area contributed by atoms with E-state index < -0.39 is 5.54 Å². The van der Waals surface area contributed by atoms with Crippen molar-refractivity contribution in [1.29, 1.82) is 0 Å². The van der Waals surface area contributed by atoms with Crippen LogP contribution in [0.3, 0.4) is 0 Å². The van der Waals surface area contributed by atoms with E-state index in [1.165, 1.54) is 6.07 Å². The molecule has 1 amide bonds. The van der Waals surface area contributed by atoms with Gasteiger partial charge < -0.3 is 10.6 Å². The molecule has 1 heterocycles. The minimum atomic E-state index is -0.557. The van der Waals surface area contributed by atoms with Gasteiger partial charge in [-0.25, -0.2) is 4.39 Å². The zero-order valence-corrected chi connectivity index (χ0v) is 13.0. The fraction of sp³-hybridized carbons (Fsp3) is 0.533. The Kier molecular flexibility index (Phi) is 3.48. The molecule has 0 aromatic heterocycles. The van der Waals surface area contributed by atoms with E-state index in [-0.39, 0.29) is 11.7 Å². The summed E-state index contributed by atoms with van der Waals surface area (Å²) in [6, 6.07) is 3.06. The third-order valence-electron chi connectivity index (χ3n) is 4.65. The van der Waals surface area contributed by atoms with Gasteiger partial charge in [0.15, 0.2) is 0 Å². The van der Waals surface area contributed by atoms with Crippen molar-refractivity contribution in [1.82, 2.24) is 0 Å². The van der Waals surface area contributed by atoms with Gasteiger partial charge in [0.25, 0.3) is 0 Å². The second-order valence-corrected chi connectivity index (χ2v) is 6.68. The van der Waals surface area contributed by atoms with Crippen molar-refractivity contribution in [3.05, 3.63) is 22.4 Å². The van der Waals surface area contributed by atoms with Gasteiger partial charge in [-0.05, 0) is 53.6 Å². The van der Waals surface area contributed by atoms with Crippen LogP contribution in [0.1, 0.15) is 39.0 Å². The summed E-state index contributed by atoms with van der Waals surface area (Å²) in [7, 11) is 0. The quantitative estimate of drug-likeness (QED) is 0.800. The molecule has 1 aromatic carbocycles. The summed E-state index contributed by atoms with van der Waals surface area (Å²) in [6.07, 6.45) is 4.88. The number of anilines is 2. The van der Waals surface area contributed by atoms with Gasteiger partial charge in [0.05, 0.1) is 15.8 Å². The number of amides is 1. The summed E-state index contributed by atoms with van der Waals surface area (Å²) in [5.41, 5.74) is 0.769. The Bertz CT molecular complexity index is 553. The molecule has 3 rings (SSSR count). The van der Waals surface area contributed by atoms with Crippen LogP contribution in [0.25, 0.3) is 0 Å². The number of rotatable bonds is 1.